The van der Waals surface area contributed by atoms with Crippen LogP contribution in [0.15, 0.2) is 11.6 Å². The van der Waals surface area contributed by atoms with E-state index in [1.165, 1.54) is 6.08 Å². The highest BCUT2D eigenvalue weighted by Crippen LogP contribution is 2.00. The Hall–Kier alpha value is -2.03. The lowest BCUT2D eigenvalue weighted by molar-refractivity contribution is -0.132. The van der Waals surface area contributed by atoms with Crippen molar-refractivity contribution >= 4 is 12.1 Å². The van der Waals surface area contributed by atoms with E-state index in [-0.39, 0.29) is 5.57 Å². The van der Waals surface area contributed by atoms with E-state index in [4.69, 9.17) is 10.4 Å². The second-order valence-electron chi connectivity index (χ2n) is 2.93. The Labute approximate surface area is 101 Å². The molecule has 0 aromatic rings. The highest BCUT2D eigenvalue weighted by atomic mass is 16.5. The van der Waals surface area contributed by atoms with Crippen molar-refractivity contribution in [3.8, 4) is 6.07 Å². The molecule has 0 unspecified atom stereocenters. The summed E-state index contributed by atoms with van der Waals surface area (Å²) in [6.45, 7) is 4.07. The number of nitrogens with zero attached hydrogens (tertiary/aromatic N) is 1. The van der Waals surface area contributed by atoms with Crippen LogP contribution in [0.25, 0.3) is 0 Å². The van der Waals surface area contributed by atoms with E-state index in [0.29, 0.717) is 13.0 Å². The molecule has 0 saturated carbocycles. The SMILES string of the molecule is CCCCC=C(C#N)C(=O)O.CCOC(N)=O. The third-order valence-electron chi connectivity index (χ3n) is 1.54. The van der Waals surface area contributed by atoms with Gasteiger partial charge >= 0.3 is 12.1 Å². The normalized spacial score (nSPS) is 9.59. The van der Waals surface area contributed by atoms with Crippen LogP contribution in [0.5, 0.6) is 0 Å². The van der Waals surface area contributed by atoms with Crippen LogP contribution < -0.4 is 5.73 Å². The molecular formula is C11H18N2O4. The molecule has 0 aromatic heterocycles. The lowest BCUT2D eigenvalue weighted by Crippen LogP contribution is -2.11. The Morgan fingerprint density at radius 2 is 2.06 bits per heavy atom. The first-order valence-corrected chi connectivity index (χ1v) is 5.25. The molecule has 0 atom stereocenters. The van der Waals surface area contributed by atoms with E-state index in [0.717, 1.165) is 12.8 Å². The topological polar surface area (TPSA) is 113 Å². The van der Waals surface area contributed by atoms with Gasteiger partial charge in [0.25, 0.3) is 0 Å². The van der Waals surface area contributed by atoms with Crippen LogP contribution >= 0.6 is 0 Å². The van der Waals surface area contributed by atoms with Gasteiger partial charge < -0.3 is 15.6 Å². The van der Waals surface area contributed by atoms with Crippen LogP contribution in [-0.4, -0.2) is 23.8 Å². The maximum Gasteiger partial charge on any atom is 0.404 e. The fourth-order valence-corrected chi connectivity index (χ4v) is 0.774. The lowest BCUT2D eigenvalue weighted by Gasteiger charge is -1.89. The van der Waals surface area contributed by atoms with Crippen LogP contribution in [-0.2, 0) is 9.53 Å². The highest BCUT2D eigenvalue weighted by molar-refractivity contribution is 5.90. The second-order valence-corrected chi connectivity index (χ2v) is 2.93. The number of aliphatic carboxylic acids is 1. The van der Waals surface area contributed by atoms with Crippen molar-refractivity contribution in [1.29, 1.82) is 5.26 Å². The number of hydrogen-bond donors (Lipinski definition) is 2. The third kappa shape index (κ3) is 14.0. The molecule has 0 saturated heterocycles. The summed E-state index contributed by atoms with van der Waals surface area (Å²) in [4.78, 5) is 19.8. The zero-order valence-corrected chi connectivity index (χ0v) is 10.1. The van der Waals surface area contributed by atoms with E-state index < -0.39 is 12.1 Å². The summed E-state index contributed by atoms with van der Waals surface area (Å²) < 4.78 is 4.18. The van der Waals surface area contributed by atoms with Crippen molar-refractivity contribution in [2.45, 2.75) is 33.1 Å². The molecule has 0 aliphatic heterocycles. The smallest absolute Gasteiger partial charge is 0.404 e. The number of rotatable bonds is 5. The van der Waals surface area contributed by atoms with Gasteiger partial charge in [-0.3, -0.25) is 0 Å². The van der Waals surface area contributed by atoms with Gasteiger partial charge in [0.2, 0.25) is 0 Å². The van der Waals surface area contributed by atoms with Gasteiger partial charge in [0.15, 0.2) is 0 Å². The van der Waals surface area contributed by atoms with Crippen molar-refractivity contribution in [1.82, 2.24) is 0 Å². The van der Waals surface area contributed by atoms with Gasteiger partial charge in [-0.25, -0.2) is 9.59 Å². The summed E-state index contributed by atoms with van der Waals surface area (Å²) in [5, 5.41) is 16.7. The molecule has 0 aliphatic rings. The number of allylic oxidation sites excluding steroid dienone is 1. The molecule has 0 rings (SSSR count). The molecular weight excluding hydrogens is 224 g/mol. The van der Waals surface area contributed by atoms with Gasteiger partial charge in [-0.1, -0.05) is 25.8 Å². The first-order chi connectivity index (χ1) is 7.99. The molecule has 0 bridgehead atoms. The average molecular weight is 242 g/mol. The number of primary amides is 1. The Balaban J connectivity index is 0. The fourth-order valence-electron chi connectivity index (χ4n) is 0.774. The minimum absolute atomic E-state index is 0.154. The van der Waals surface area contributed by atoms with Crippen LogP contribution in [0.4, 0.5) is 4.79 Å². The van der Waals surface area contributed by atoms with Gasteiger partial charge in [0.05, 0.1) is 6.61 Å². The summed E-state index contributed by atoms with van der Waals surface area (Å²) >= 11 is 0. The monoisotopic (exact) mass is 242 g/mol. The third-order valence-corrected chi connectivity index (χ3v) is 1.54. The van der Waals surface area contributed by atoms with Crippen molar-refractivity contribution in [3.05, 3.63) is 11.6 Å². The number of nitrogens with two attached hydrogens (primary N) is 1. The second kappa shape index (κ2) is 12.0. The Morgan fingerprint density at radius 1 is 1.47 bits per heavy atom. The first kappa shape index (κ1) is 17.4. The lowest BCUT2D eigenvalue weighted by atomic mass is 10.2. The summed E-state index contributed by atoms with van der Waals surface area (Å²) in [6.07, 6.45) is 3.36. The largest absolute Gasteiger partial charge is 0.477 e. The maximum absolute atomic E-state index is 10.2. The van der Waals surface area contributed by atoms with Crippen molar-refractivity contribution < 1.29 is 19.4 Å². The van der Waals surface area contributed by atoms with Gasteiger partial charge in [-0.2, -0.15) is 5.26 Å². The number of ether oxygens (including phenoxy) is 1. The zero-order valence-electron chi connectivity index (χ0n) is 10.1. The van der Waals surface area contributed by atoms with Gasteiger partial charge in [0.1, 0.15) is 11.6 Å². The van der Waals surface area contributed by atoms with Crippen LogP contribution in [0, 0.1) is 11.3 Å². The number of carbonyl (C=O) groups excluding carboxylic acids is 1. The van der Waals surface area contributed by atoms with Gasteiger partial charge in [-0.05, 0) is 13.3 Å². The minimum Gasteiger partial charge on any atom is -0.477 e. The number of amides is 1. The molecule has 3 N–H and O–H groups in total. The van der Waals surface area contributed by atoms with Crippen LogP contribution in [0.1, 0.15) is 33.1 Å². The summed E-state index contributed by atoms with van der Waals surface area (Å²) in [7, 11) is 0. The molecule has 17 heavy (non-hydrogen) atoms. The van der Waals surface area contributed by atoms with E-state index in [1.807, 2.05) is 6.92 Å². The average Bonchev–Trinajstić information content (AvgIpc) is 2.24. The molecule has 96 valence electrons. The van der Waals surface area contributed by atoms with Crippen LogP contribution in [0.2, 0.25) is 0 Å². The standard InChI is InChI=1S/C8H11NO2.C3H7NO2/c1-2-3-4-5-7(6-9)8(10)11;1-2-6-3(4)5/h5H,2-4H2,1H3,(H,10,11);2H2,1H3,(H2,4,5). The Kier molecular flexibility index (Phi) is 12.3. The maximum atomic E-state index is 10.2. The number of carboxylic acid groups (broad SMARTS) is 1. The zero-order chi connectivity index (χ0) is 13.7. The van der Waals surface area contributed by atoms with Crippen molar-refractivity contribution in [2.24, 2.45) is 5.73 Å². The quantitative estimate of drug-likeness (QED) is 0.433. The Morgan fingerprint density at radius 3 is 2.29 bits per heavy atom. The molecule has 6 heteroatoms. The summed E-state index contributed by atoms with van der Waals surface area (Å²) in [6, 6.07) is 1.62. The highest BCUT2D eigenvalue weighted by Gasteiger charge is 2.03. The molecule has 0 heterocycles. The summed E-state index contributed by atoms with van der Waals surface area (Å²) in [5.41, 5.74) is 4.39. The number of carbonyl (C=O) groups is 2. The van der Waals surface area contributed by atoms with E-state index in [9.17, 15) is 9.59 Å². The van der Waals surface area contributed by atoms with Crippen LogP contribution in [0.3, 0.4) is 0 Å². The Bertz CT molecular complexity index is 305. The minimum atomic E-state index is -1.14. The number of hydrogen-bond acceptors (Lipinski definition) is 4. The predicted molar refractivity (Wildman–Crippen MR) is 62.1 cm³/mol. The van der Waals surface area contributed by atoms with E-state index in [2.05, 4.69) is 10.5 Å². The molecule has 0 radical (unpaired) electrons. The predicted octanol–water partition coefficient (Wildman–Crippen LogP) is 1.81. The fraction of sp³-hybridized carbons (Fsp3) is 0.545. The molecule has 0 aliphatic carbocycles. The number of nitriles is 1. The molecule has 0 spiro atoms. The van der Waals surface area contributed by atoms with Gasteiger partial charge in [-0.15, -0.1) is 0 Å². The first-order valence-electron chi connectivity index (χ1n) is 5.25. The molecule has 1 amide bonds. The van der Waals surface area contributed by atoms with Crippen molar-refractivity contribution in [2.75, 3.05) is 6.61 Å². The molecule has 0 fully saturated rings. The number of carboxylic acids is 1. The van der Waals surface area contributed by atoms with Gasteiger partial charge in [0, 0.05) is 0 Å². The summed E-state index contributed by atoms with van der Waals surface area (Å²) in [5.74, 6) is -1.14. The van der Waals surface area contributed by atoms with E-state index in [1.54, 1.807) is 13.0 Å². The molecule has 0 aromatic carbocycles. The van der Waals surface area contributed by atoms with Crippen molar-refractivity contribution in [3.63, 3.8) is 0 Å². The van der Waals surface area contributed by atoms with E-state index >= 15 is 0 Å². The number of unbranched alkanes of at least 4 members (excludes halogenated alkanes) is 2. The molecule has 6 nitrogen and oxygen atoms in total.